The minimum atomic E-state index is -1.01. The van der Waals surface area contributed by atoms with Crippen LogP contribution in [-0.2, 0) is 9.53 Å². The number of fused-ring (bicyclic) bond motifs is 1. The number of rotatable bonds is 1. The van der Waals surface area contributed by atoms with Crippen LogP contribution in [0.1, 0.15) is 27.2 Å². The summed E-state index contributed by atoms with van der Waals surface area (Å²) in [6, 6.07) is -1.12. The molecule has 1 unspecified atom stereocenters. The van der Waals surface area contributed by atoms with Crippen molar-refractivity contribution in [2.24, 2.45) is 5.92 Å². The Morgan fingerprint density at radius 1 is 1.35 bits per heavy atom. The number of carbonyl (C=O) groups is 2. The average Bonchev–Trinajstić information content (AvgIpc) is 2.35. The van der Waals surface area contributed by atoms with Crippen LogP contribution in [0, 0.1) is 17.8 Å². The molecule has 2 aliphatic rings. The first-order valence-corrected chi connectivity index (χ1v) is 5.55. The lowest BCUT2D eigenvalue weighted by Gasteiger charge is -2.30. The molecule has 3 atom stereocenters. The summed E-state index contributed by atoms with van der Waals surface area (Å²) in [6.07, 6.45) is -0.196. The van der Waals surface area contributed by atoms with Crippen LogP contribution in [0.3, 0.4) is 0 Å². The van der Waals surface area contributed by atoms with E-state index < -0.39 is 23.7 Å². The molecule has 5 nitrogen and oxygen atoms in total. The highest BCUT2D eigenvalue weighted by molar-refractivity contribution is 5.82. The van der Waals surface area contributed by atoms with Crippen molar-refractivity contribution in [2.75, 3.05) is 0 Å². The highest BCUT2D eigenvalue weighted by Crippen LogP contribution is 2.34. The molecule has 1 N–H and O–H groups in total. The Morgan fingerprint density at radius 3 is 2.41 bits per heavy atom. The van der Waals surface area contributed by atoms with Gasteiger partial charge in [0.15, 0.2) is 0 Å². The number of hydrogen-bond donors (Lipinski definition) is 1. The Hall–Kier alpha value is -1.70. The first-order valence-electron chi connectivity index (χ1n) is 5.55. The molecular formula is C12H15NO4. The minimum absolute atomic E-state index is 0.0105. The van der Waals surface area contributed by atoms with E-state index in [1.807, 2.05) is 0 Å². The lowest BCUT2D eigenvalue weighted by molar-refractivity contribution is -0.142. The Kier molecular flexibility index (Phi) is 2.53. The van der Waals surface area contributed by atoms with E-state index in [1.54, 1.807) is 20.8 Å². The van der Waals surface area contributed by atoms with Crippen LogP contribution in [-0.4, -0.2) is 39.8 Å². The molecule has 0 saturated carbocycles. The van der Waals surface area contributed by atoms with Gasteiger partial charge in [-0.15, -0.1) is 0 Å². The molecule has 1 aliphatic heterocycles. The van der Waals surface area contributed by atoms with Gasteiger partial charge in [-0.05, 0) is 27.2 Å². The molecule has 92 valence electrons. The van der Waals surface area contributed by atoms with Gasteiger partial charge in [-0.2, -0.15) is 0 Å². The number of hydrogen-bond acceptors (Lipinski definition) is 3. The molecule has 0 radical (unpaired) electrons. The number of aliphatic carboxylic acids is 1. The molecule has 0 spiro atoms. The summed E-state index contributed by atoms with van der Waals surface area (Å²) >= 11 is 0. The highest BCUT2D eigenvalue weighted by atomic mass is 16.6. The van der Waals surface area contributed by atoms with Gasteiger partial charge in [0, 0.05) is 0 Å². The molecule has 1 amide bonds. The predicted molar refractivity (Wildman–Crippen MR) is 59.2 cm³/mol. The van der Waals surface area contributed by atoms with Crippen molar-refractivity contribution in [3.8, 4) is 11.8 Å². The molecule has 1 aliphatic carbocycles. The molecule has 1 fully saturated rings. The van der Waals surface area contributed by atoms with Gasteiger partial charge in [-0.25, -0.2) is 9.59 Å². The zero-order valence-electron chi connectivity index (χ0n) is 10.1. The fraction of sp³-hybridized carbons (Fsp3) is 0.667. The van der Waals surface area contributed by atoms with Crippen LogP contribution in [0.4, 0.5) is 4.79 Å². The van der Waals surface area contributed by atoms with Gasteiger partial charge >= 0.3 is 12.1 Å². The molecular weight excluding hydrogens is 222 g/mol. The van der Waals surface area contributed by atoms with Crippen molar-refractivity contribution in [1.82, 2.24) is 4.90 Å². The van der Waals surface area contributed by atoms with Crippen molar-refractivity contribution in [2.45, 2.75) is 44.9 Å². The van der Waals surface area contributed by atoms with Crippen molar-refractivity contribution in [1.29, 1.82) is 0 Å². The summed E-state index contributed by atoms with van der Waals surface area (Å²) in [6.45, 7) is 5.25. The standard InChI is InChI=1S/C12H15NO4/c1-12(2,3)17-11(16)13-8-5-4-7(8)6-9(13)10(14)15/h7-9H,6H2,1-3H3,(H,14,15)/t7-,8-,9?/m1/s1. The van der Waals surface area contributed by atoms with Crippen LogP contribution < -0.4 is 0 Å². The minimum Gasteiger partial charge on any atom is -0.480 e. The second-order valence-corrected chi connectivity index (χ2v) is 5.32. The number of carboxylic acid groups (broad SMARTS) is 1. The Labute approximate surface area is 99.7 Å². The fourth-order valence-electron chi connectivity index (χ4n) is 2.05. The van der Waals surface area contributed by atoms with E-state index in [0.717, 1.165) is 0 Å². The van der Waals surface area contributed by atoms with Crippen molar-refractivity contribution in [3.05, 3.63) is 0 Å². The van der Waals surface area contributed by atoms with Gasteiger partial charge in [-0.3, -0.25) is 4.90 Å². The third-order valence-corrected chi connectivity index (χ3v) is 2.80. The lowest BCUT2D eigenvalue weighted by atomic mass is 9.92. The molecule has 1 heterocycles. The Bertz CT molecular complexity index is 426. The SMILES string of the molecule is CC(C)(C)OC(=O)N1C(C(=O)O)C[C@H]2C#C[C@H]21. The second kappa shape index (κ2) is 3.66. The average molecular weight is 237 g/mol. The topological polar surface area (TPSA) is 66.8 Å². The number of carboxylic acids is 1. The second-order valence-electron chi connectivity index (χ2n) is 5.32. The molecule has 0 aromatic carbocycles. The van der Waals surface area contributed by atoms with E-state index in [4.69, 9.17) is 9.84 Å². The van der Waals surface area contributed by atoms with Crippen LogP contribution in [0.5, 0.6) is 0 Å². The van der Waals surface area contributed by atoms with Gasteiger partial charge in [0.05, 0.1) is 5.92 Å². The quantitative estimate of drug-likeness (QED) is 0.693. The molecule has 1 saturated heterocycles. The van der Waals surface area contributed by atoms with Gasteiger partial charge in [0.1, 0.15) is 17.7 Å². The predicted octanol–water partition coefficient (Wildman–Crippen LogP) is 1.08. The number of carbonyl (C=O) groups excluding carboxylic acids is 1. The van der Waals surface area contributed by atoms with E-state index in [2.05, 4.69) is 11.8 Å². The largest absolute Gasteiger partial charge is 0.480 e. The first-order chi connectivity index (χ1) is 7.79. The van der Waals surface area contributed by atoms with E-state index in [0.29, 0.717) is 6.42 Å². The summed E-state index contributed by atoms with van der Waals surface area (Å²) in [5.41, 5.74) is -0.630. The third kappa shape index (κ3) is 2.07. The van der Waals surface area contributed by atoms with Crippen molar-refractivity contribution >= 4 is 12.1 Å². The maximum atomic E-state index is 11.9. The normalized spacial score (nSPS) is 29.8. The number of nitrogens with zero attached hydrogens (tertiary/aromatic N) is 1. The van der Waals surface area contributed by atoms with Crippen LogP contribution in [0.25, 0.3) is 0 Å². The molecule has 2 rings (SSSR count). The van der Waals surface area contributed by atoms with E-state index >= 15 is 0 Å². The maximum absolute atomic E-state index is 11.9. The molecule has 17 heavy (non-hydrogen) atoms. The maximum Gasteiger partial charge on any atom is 0.412 e. The van der Waals surface area contributed by atoms with Gasteiger partial charge in [0.2, 0.25) is 0 Å². The third-order valence-electron chi connectivity index (χ3n) is 2.80. The Morgan fingerprint density at radius 2 is 2.00 bits per heavy atom. The lowest BCUT2D eigenvalue weighted by Crippen LogP contribution is -2.48. The van der Waals surface area contributed by atoms with E-state index in [9.17, 15) is 9.59 Å². The number of ether oxygens (including phenoxy) is 1. The monoisotopic (exact) mass is 237 g/mol. The molecule has 5 heteroatoms. The van der Waals surface area contributed by atoms with E-state index in [1.165, 1.54) is 4.90 Å². The van der Waals surface area contributed by atoms with Crippen LogP contribution >= 0.6 is 0 Å². The smallest absolute Gasteiger partial charge is 0.412 e. The zero-order valence-corrected chi connectivity index (χ0v) is 10.1. The Balaban J connectivity index is 2.15. The molecule has 0 aromatic heterocycles. The molecule has 0 aromatic rings. The summed E-state index contributed by atoms with van der Waals surface area (Å²) in [5, 5.41) is 9.09. The summed E-state index contributed by atoms with van der Waals surface area (Å²) < 4.78 is 5.21. The number of amides is 1. The van der Waals surface area contributed by atoms with Gasteiger partial charge in [0.25, 0.3) is 0 Å². The van der Waals surface area contributed by atoms with Gasteiger partial charge < -0.3 is 9.84 Å². The summed E-state index contributed by atoms with van der Waals surface area (Å²) in [5.74, 6) is 4.68. The van der Waals surface area contributed by atoms with Crippen molar-refractivity contribution in [3.63, 3.8) is 0 Å². The number of likely N-dealkylation sites (tertiary alicyclic amines) is 1. The first kappa shape index (κ1) is 11.8. The van der Waals surface area contributed by atoms with Crippen molar-refractivity contribution < 1.29 is 19.4 Å². The fourth-order valence-corrected chi connectivity index (χ4v) is 2.05. The van der Waals surface area contributed by atoms with Crippen LogP contribution in [0.2, 0.25) is 0 Å². The van der Waals surface area contributed by atoms with Gasteiger partial charge in [-0.1, -0.05) is 11.8 Å². The molecule has 0 bridgehead atoms. The summed E-state index contributed by atoms with van der Waals surface area (Å²) in [4.78, 5) is 24.3. The zero-order chi connectivity index (χ0) is 12.8. The summed E-state index contributed by atoms with van der Waals surface area (Å²) in [7, 11) is 0. The van der Waals surface area contributed by atoms with E-state index in [-0.39, 0.29) is 12.0 Å². The highest BCUT2D eigenvalue weighted by Gasteiger charge is 2.50. The van der Waals surface area contributed by atoms with Crippen LogP contribution in [0.15, 0.2) is 0 Å².